The third kappa shape index (κ3) is 6.37. The molecule has 0 aliphatic heterocycles. The van der Waals surface area contributed by atoms with Crippen LogP contribution in [0.15, 0.2) is 24.3 Å². The van der Waals surface area contributed by atoms with Crippen LogP contribution in [0.5, 0.6) is 0 Å². The van der Waals surface area contributed by atoms with Crippen LogP contribution in [-0.2, 0) is 16.0 Å². The molecule has 0 saturated heterocycles. The molecule has 0 aliphatic carbocycles. The monoisotopic (exact) mass is 298 g/mol. The average molecular weight is 298 g/mol. The molecule has 0 saturated carbocycles. The van der Waals surface area contributed by atoms with E-state index in [1.807, 2.05) is 0 Å². The number of nitrogens with one attached hydrogen (secondary N) is 2. The summed E-state index contributed by atoms with van der Waals surface area (Å²) in [6, 6.07) is 3.46. The van der Waals surface area contributed by atoms with Crippen LogP contribution in [0.2, 0.25) is 0 Å². The number of aliphatic carboxylic acids is 2. The number of hydrogen-bond acceptors (Lipinski definition) is 3. The molecule has 1 aromatic carbocycles. The Morgan fingerprint density at radius 1 is 1.14 bits per heavy atom. The highest BCUT2D eigenvalue weighted by Gasteiger charge is 2.22. The first-order valence-electron chi connectivity index (χ1n) is 6.12. The van der Waals surface area contributed by atoms with Crippen LogP contribution in [0.4, 0.5) is 9.18 Å². The van der Waals surface area contributed by atoms with Crippen molar-refractivity contribution in [2.24, 2.45) is 0 Å². The topological polar surface area (TPSA) is 116 Å². The van der Waals surface area contributed by atoms with E-state index >= 15 is 0 Å². The van der Waals surface area contributed by atoms with Gasteiger partial charge in [-0.25, -0.2) is 14.0 Å². The van der Waals surface area contributed by atoms with Gasteiger partial charge in [0, 0.05) is 6.54 Å². The van der Waals surface area contributed by atoms with Crippen LogP contribution in [0.3, 0.4) is 0 Å². The van der Waals surface area contributed by atoms with Gasteiger partial charge < -0.3 is 20.8 Å². The van der Waals surface area contributed by atoms with Gasteiger partial charge in [0.25, 0.3) is 0 Å². The van der Waals surface area contributed by atoms with Gasteiger partial charge in [-0.2, -0.15) is 0 Å². The number of urea groups is 1. The number of rotatable bonds is 7. The molecular weight excluding hydrogens is 283 g/mol. The third-order valence-corrected chi connectivity index (χ3v) is 2.59. The molecule has 0 aliphatic rings. The smallest absolute Gasteiger partial charge is 0.326 e. The van der Waals surface area contributed by atoms with Crippen LogP contribution in [0.1, 0.15) is 12.0 Å². The fourth-order valence-corrected chi connectivity index (χ4v) is 1.56. The first-order chi connectivity index (χ1) is 9.88. The van der Waals surface area contributed by atoms with Gasteiger partial charge in [-0.1, -0.05) is 12.1 Å². The third-order valence-electron chi connectivity index (χ3n) is 2.59. The molecule has 1 unspecified atom stereocenters. The van der Waals surface area contributed by atoms with Crippen LogP contribution >= 0.6 is 0 Å². The average Bonchev–Trinajstić information content (AvgIpc) is 2.39. The summed E-state index contributed by atoms with van der Waals surface area (Å²) in [5.74, 6) is -3.11. The van der Waals surface area contributed by atoms with Gasteiger partial charge in [-0.3, -0.25) is 4.79 Å². The Morgan fingerprint density at radius 2 is 1.76 bits per heavy atom. The van der Waals surface area contributed by atoms with Gasteiger partial charge >= 0.3 is 18.0 Å². The van der Waals surface area contributed by atoms with Crippen molar-refractivity contribution in [2.45, 2.75) is 18.9 Å². The molecule has 21 heavy (non-hydrogen) atoms. The maximum absolute atomic E-state index is 12.7. The first kappa shape index (κ1) is 16.4. The molecule has 0 radical (unpaired) electrons. The normalized spacial score (nSPS) is 11.5. The number of benzene rings is 1. The first-order valence-corrected chi connectivity index (χ1v) is 6.12. The molecule has 1 atom stereocenters. The largest absolute Gasteiger partial charge is 0.481 e. The maximum atomic E-state index is 12.7. The van der Waals surface area contributed by atoms with E-state index in [4.69, 9.17) is 10.2 Å². The summed E-state index contributed by atoms with van der Waals surface area (Å²) in [5.41, 5.74) is 0.803. The maximum Gasteiger partial charge on any atom is 0.326 e. The van der Waals surface area contributed by atoms with Crippen molar-refractivity contribution in [3.05, 3.63) is 35.6 Å². The molecule has 0 heterocycles. The van der Waals surface area contributed by atoms with E-state index in [-0.39, 0.29) is 12.4 Å². The minimum Gasteiger partial charge on any atom is -0.481 e. The highest BCUT2D eigenvalue weighted by Crippen LogP contribution is 2.02. The molecule has 0 aromatic heterocycles. The van der Waals surface area contributed by atoms with Crippen molar-refractivity contribution >= 4 is 18.0 Å². The molecule has 1 aromatic rings. The molecular formula is C13H15FN2O5. The van der Waals surface area contributed by atoms with E-state index < -0.39 is 30.4 Å². The lowest BCUT2D eigenvalue weighted by Crippen LogP contribution is -2.47. The molecule has 114 valence electrons. The summed E-state index contributed by atoms with van der Waals surface area (Å²) < 4.78 is 12.7. The Labute approximate surface area is 119 Å². The van der Waals surface area contributed by atoms with Crippen molar-refractivity contribution < 1.29 is 29.0 Å². The number of amides is 2. The molecule has 7 nitrogen and oxygen atoms in total. The summed E-state index contributed by atoms with van der Waals surface area (Å²) in [7, 11) is 0. The molecule has 4 N–H and O–H groups in total. The highest BCUT2D eigenvalue weighted by molar-refractivity contribution is 5.86. The second-order valence-electron chi connectivity index (χ2n) is 4.27. The lowest BCUT2D eigenvalue weighted by atomic mass is 10.1. The van der Waals surface area contributed by atoms with Crippen molar-refractivity contribution in [1.29, 1.82) is 0 Å². The second kappa shape index (κ2) is 7.83. The SMILES string of the molecule is O=C(O)CC(NC(=O)NCCc1ccc(F)cc1)C(=O)O. The van der Waals surface area contributed by atoms with E-state index in [2.05, 4.69) is 10.6 Å². The number of carbonyl (C=O) groups excluding carboxylic acids is 1. The molecule has 2 amide bonds. The zero-order valence-corrected chi connectivity index (χ0v) is 11.0. The standard InChI is InChI=1S/C13H15FN2O5/c14-9-3-1-8(2-4-9)5-6-15-13(21)16-10(12(19)20)7-11(17)18/h1-4,10H,5-7H2,(H,17,18)(H,19,20)(H2,15,16,21). The van der Waals surface area contributed by atoms with E-state index in [1.54, 1.807) is 12.1 Å². The Kier molecular flexibility index (Phi) is 6.12. The summed E-state index contributed by atoms with van der Waals surface area (Å²) in [5, 5.41) is 21.7. The quantitative estimate of drug-likeness (QED) is 0.588. The summed E-state index contributed by atoms with van der Waals surface area (Å²) in [6.07, 6.45) is -0.273. The Morgan fingerprint density at radius 3 is 2.29 bits per heavy atom. The predicted molar refractivity (Wildman–Crippen MR) is 70.3 cm³/mol. The van der Waals surface area contributed by atoms with E-state index in [0.717, 1.165) is 5.56 Å². The summed E-state index contributed by atoms with van der Waals surface area (Å²) in [6.45, 7) is 0.205. The van der Waals surface area contributed by atoms with Crippen molar-refractivity contribution in [3.8, 4) is 0 Å². The lowest BCUT2D eigenvalue weighted by molar-refractivity contribution is -0.145. The minimum absolute atomic E-state index is 0.205. The van der Waals surface area contributed by atoms with Crippen LogP contribution in [-0.4, -0.2) is 40.8 Å². The van der Waals surface area contributed by atoms with Crippen molar-refractivity contribution in [2.75, 3.05) is 6.54 Å². The van der Waals surface area contributed by atoms with Gasteiger partial charge in [-0.15, -0.1) is 0 Å². The Bertz CT molecular complexity index is 518. The summed E-state index contributed by atoms with van der Waals surface area (Å²) in [4.78, 5) is 32.7. The van der Waals surface area contributed by atoms with E-state index in [0.29, 0.717) is 6.42 Å². The number of hydrogen-bond donors (Lipinski definition) is 4. The lowest BCUT2D eigenvalue weighted by Gasteiger charge is -2.13. The van der Waals surface area contributed by atoms with Crippen LogP contribution < -0.4 is 10.6 Å². The zero-order valence-electron chi connectivity index (χ0n) is 11.0. The fourth-order valence-electron chi connectivity index (χ4n) is 1.56. The molecule has 1 rings (SSSR count). The molecule has 0 spiro atoms. The van der Waals surface area contributed by atoms with Crippen LogP contribution in [0.25, 0.3) is 0 Å². The van der Waals surface area contributed by atoms with Gasteiger partial charge in [-0.05, 0) is 24.1 Å². The van der Waals surface area contributed by atoms with Crippen molar-refractivity contribution in [1.82, 2.24) is 10.6 Å². The van der Waals surface area contributed by atoms with E-state index in [1.165, 1.54) is 12.1 Å². The number of carbonyl (C=O) groups is 3. The van der Waals surface area contributed by atoms with Gasteiger partial charge in [0.05, 0.1) is 6.42 Å². The van der Waals surface area contributed by atoms with Crippen molar-refractivity contribution in [3.63, 3.8) is 0 Å². The van der Waals surface area contributed by atoms with Gasteiger partial charge in [0.1, 0.15) is 11.9 Å². The summed E-state index contributed by atoms with van der Waals surface area (Å²) >= 11 is 0. The number of carboxylic acid groups (broad SMARTS) is 2. The molecule has 0 bridgehead atoms. The van der Waals surface area contributed by atoms with Gasteiger partial charge in [0.15, 0.2) is 0 Å². The fraction of sp³-hybridized carbons (Fsp3) is 0.308. The minimum atomic E-state index is -1.49. The highest BCUT2D eigenvalue weighted by atomic mass is 19.1. The zero-order chi connectivity index (χ0) is 15.8. The number of halogens is 1. The Balaban J connectivity index is 2.37. The molecule has 0 fully saturated rings. The van der Waals surface area contributed by atoms with Gasteiger partial charge in [0.2, 0.25) is 0 Å². The van der Waals surface area contributed by atoms with E-state index in [9.17, 15) is 18.8 Å². The number of carboxylic acids is 2. The molecule has 8 heteroatoms. The Hall–Kier alpha value is -2.64. The van der Waals surface area contributed by atoms with Crippen LogP contribution in [0, 0.1) is 5.82 Å². The predicted octanol–water partition coefficient (Wildman–Crippen LogP) is 0.595. The second-order valence-corrected chi connectivity index (χ2v) is 4.27.